The largest absolute Gasteiger partial charge is 0.338 e. The predicted octanol–water partition coefficient (Wildman–Crippen LogP) is 2.97. The van der Waals surface area contributed by atoms with Crippen LogP contribution in [0.3, 0.4) is 0 Å². The molecule has 8 heteroatoms. The van der Waals surface area contributed by atoms with Gasteiger partial charge in [-0.1, -0.05) is 24.3 Å². The van der Waals surface area contributed by atoms with Crippen molar-refractivity contribution in [1.82, 2.24) is 9.21 Å². The fourth-order valence-electron chi connectivity index (χ4n) is 5.45. The molecule has 0 N–H and O–H groups in total. The summed E-state index contributed by atoms with van der Waals surface area (Å²) >= 11 is 0. The second kappa shape index (κ2) is 9.15. The second-order valence-corrected chi connectivity index (χ2v) is 11.5. The minimum Gasteiger partial charge on any atom is -0.338 e. The number of hydrogen-bond donors (Lipinski definition) is 0. The number of piperidine rings is 1. The van der Waals surface area contributed by atoms with Crippen LogP contribution in [0.15, 0.2) is 47.4 Å². The Bertz CT molecular complexity index is 1220. The van der Waals surface area contributed by atoms with Crippen molar-refractivity contribution >= 4 is 27.5 Å². The lowest BCUT2D eigenvalue weighted by Gasteiger charge is -2.33. The van der Waals surface area contributed by atoms with Crippen LogP contribution < -0.4 is 4.90 Å². The lowest BCUT2D eigenvalue weighted by atomic mass is 9.93. The number of hydrogen-bond acceptors (Lipinski definition) is 4. The summed E-state index contributed by atoms with van der Waals surface area (Å²) in [7, 11) is -3.59. The molecular formula is C26H31N3O4S. The van der Waals surface area contributed by atoms with Crippen LogP contribution in [0.4, 0.5) is 5.69 Å². The molecule has 0 unspecified atom stereocenters. The quantitative estimate of drug-likeness (QED) is 0.673. The molecule has 1 fully saturated rings. The highest BCUT2D eigenvalue weighted by Crippen LogP contribution is 2.33. The average molecular weight is 482 g/mol. The van der Waals surface area contributed by atoms with Crippen molar-refractivity contribution in [3.8, 4) is 0 Å². The summed E-state index contributed by atoms with van der Waals surface area (Å²) in [6, 6.07) is 13.4. The zero-order chi connectivity index (χ0) is 23.9. The fraction of sp³-hybridized carbons (Fsp3) is 0.462. The summed E-state index contributed by atoms with van der Waals surface area (Å²) in [6.45, 7) is 4.40. The van der Waals surface area contributed by atoms with Crippen LogP contribution in [-0.2, 0) is 39.0 Å². The Kier molecular flexibility index (Phi) is 6.20. The molecule has 7 nitrogen and oxygen atoms in total. The number of benzene rings is 2. The summed E-state index contributed by atoms with van der Waals surface area (Å²) in [5.74, 6) is 0.351. The molecule has 180 valence electrons. The molecule has 0 radical (unpaired) electrons. The third kappa shape index (κ3) is 4.36. The van der Waals surface area contributed by atoms with Gasteiger partial charge in [0.25, 0.3) is 0 Å². The molecule has 34 heavy (non-hydrogen) atoms. The summed E-state index contributed by atoms with van der Waals surface area (Å²) in [5, 5.41) is 0. The summed E-state index contributed by atoms with van der Waals surface area (Å²) in [6.07, 6.45) is 3.43. The third-order valence-electron chi connectivity index (χ3n) is 7.48. The van der Waals surface area contributed by atoms with E-state index in [9.17, 15) is 18.0 Å². The number of carbonyl (C=O) groups is 2. The maximum atomic E-state index is 13.3. The summed E-state index contributed by atoms with van der Waals surface area (Å²) < 4.78 is 28.1. The molecule has 0 aliphatic carbocycles. The third-order valence-corrected chi connectivity index (χ3v) is 9.38. The van der Waals surface area contributed by atoms with Gasteiger partial charge in [0.1, 0.15) is 0 Å². The molecule has 0 atom stereocenters. The van der Waals surface area contributed by atoms with E-state index < -0.39 is 10.0 Å². The molecule has 0 aromatic heterocycles. The van der Waals surface area contributed by atoms with Gasteiger partial charge in [-0.25, -0.2) is 8.42 Å². The van der Waals surface area contributed by atoms with Crippen LogP contribution >= 0.6 is 0 Å². The summed E-state index contributed by atoms with van der Waals surface area (Å²) in [5.41, 5.74) is 4.26. The average Bonchev–Trinajstić information content (AvgIpc) is 3.28. The first-order chi connectivity index (χ1) is 16.3. The number of fused-ring (bicyclic) bond motifs is 2. The van der Waals surface area contributed by atoms with E-state index in [2.05, 4.69) is 12.1 Å². The van der Waals surface area contributed by atoms with E-state index in [1.807, 2.05) is 17.0 Å². The van der Waals surface area contributed by atoms with Crippen molar-refractivity contribution in [3.63, 3.8) is 0 Å². The maximum absolute atomic E-state index is 13.3. The van der Waals surface area contributed by atoms with Gasteiger partial charge >= 0.3 is 0 Å². The highest BCUT2D eigenvalue weighted by atomic mass is 32.2. The number of nitrogens with zero attached hydrogens (tertiary/aromatic N) is 3. The van der Waals surface area contributed by atoms with Gasteiger partial charge in [-0.05, 0) is 66.5 Å². The van der Waals surface area contributed by atoms with Gasteiger partial charge in [0, 0.05) is 51.8 Å². The predicted molar refractivity (Wildman–Crippen MR) is 130 cm³/mol. The molecular weight excluding hydrogens is 450 g/mol. The first kappa shape index (κ1) is 23.1. The monoisotopic (exact) mass is 481 g/mol. The zero-order valence-corrected chi connectivity index (χ0v) is 20.4. The van der Waals surface area contributed by atoms with E-state index in [-0.39, 0.29) is 22.6 Å². The molecule has 3 aliphatic rings. The molecule has 0 saturated carbocycles. The van der Waals surface area contributed by atoms with E-state index in [1.165, 1.54) is 18.1 Å². The molecule has 2 aromatic carbocycles. The Morgan fingerprint density at radius 2 is 1.62 bits per heavy atom. The van der Waals surface area contributed by atoms with Gasteiger partial charge in [0.05, 0.1) is 4.90 Å². The van der Waals surface area contributed by atoms with Crippen LogP contribution in [0, 0.1) is 5.92 Å². The molecule has 2 amide bonds. The van der Waals surface area contributed by atoms with Crippen LogP contribution in [-0.4, -0.2) is 55.6 Å². The highest BCUT2D eigenvalue weighted by Gasteiger charge is 2.33. The second-order valence-electron chi connectivity index (χ2n) is 9.60. The van der Waals surface area contributed by atoms with Crippen molar-refractivity contribution in [2.45, 2.75) is 50.5 Å². The normalized spacial score (nSPS) is 19.1. The number of carbonyl (C=O) groups excluding carboxylic acids is 2. The van der Waals surface area contributed by atoms with Crippen molar-refractivity contribution in [1.29, 1.82) is 0 Å². The van der Waals surface area contributed by atoms with Gasteiger partial charge in [0.15, 0.2) is 0 Å². The maximum Gasteiger partial charge on any atom is 0.243 e. The number of sulfonamides is 1. The van der Waals surface area contributed by atoms with Crippen molar-refractivity contribution in [2.75, 3.05) is 31.1 Å². The van der Waals surface area contributed by atoms with E-state index in [4.69, 9.17) is 0 Å². The Balaban J connectivity index is 1.18. The molecule has 5 rings (SSSR count). The highest BCUT2D eigenvalue weighted by molar-refractivity contribution is 7.89. The first-order valence-corrected chi connectivity index (χ1v) is 13.5. The topological polar surface area (TPSA) is 78.0 Å². The molecule has 0 bridgehead atoms. The Morgan fingerprint density at radius 3 is 2.35 bits per heavy atom. The van der Waals surface area contributed by atoms with E-state index >= 15 is 0 Å². The van der Waals surface area contributed by atoms with Gasteiger partial charge in [0.2, 0.25) is 21.8 Å². The minimum absolute atomic E-state index is 0.0280. The van der Waals surface area contributed by atoms with Gasteiger partial charge in [-0.3, -0.25) is 9.59 Å². The van der Waals surface area contributed by atoms with Crippen LogP contribution in [0.25, 0.3) is 0 Å². The van der Waals surface area contributed by atoms with Crippen molar-refractivity contribution in [3.05, 3.63) is 59.2 Å². The van der Waals surface area contributed by atoms with Crippen LogP contribution in [0.1, 0.15) is 42.9 Å². The van der Waals surface area contributed by atoms with Gasteiger partial charge < -0.3 is 9.80 Å². The zero-order valence-electron chi connectivity index (χ0n) is 19.6. The van der Waals surface area contributed by atoms with Crippen molar-refractivity contribution in [2.24, 2.45) is 5.92 Å². The smallest absolute Gasteiger partial charge is 0.243 e. The number of rotatable bonds is 4. The van der Waals surface area contributed by atoms with Crippen molar-refractivity contribution < 1.29 is 18.0 Å². The lowest BCUT2D eigenvalue weighted by Crippen LogP contribution is -2.41. The van der Waals surface area contributed by atoms with Crippen LogP contribution in [0.5, 0.6) is 0 Å². The number of amides is 2. The molecule has 3 aliphatic heterocycles. The van der Waals surface area contributed by atoms with E-state index in [0.717, 1.165) is 24.2 Å². The SMILES string of the molecule is CC(=O)N1CCc2cc(S(=O)(=O)N3CCC(CC(=O)N4CCc5ccccc5C4)CC3)ccc21. The van der Waals surface area contributed by atoms with E-state index in [1.54, 1.807) is 27.4 Å². The standard InChI is InChI=1S/C26H31N3O4S/c1-19(30)29-15-11-22-17-24(6-7-25(22)29)34(32,33)28-13-8-20(9-14-28)16-26(31)27-12-10-21-4-2-3-5-23(21)18-27/h2-7,17,20H,8-16,18H2,1H3. The fourth-order valence-corrected chi connectivity index (χ4v) is 6.97. The Hall–Kier alpha value is -2.71. The summed E-state index contributed by atoms with van der Waals surface area (Å²) in [4.78, 5) is 28.6. The molecule has 1 saturated heterocycles. The van der Waals surface area contributed by atoms with Gasteiger partial charge in [-0.2, -0.15) is 4.31 Å². The Morgan fingerprint density at radius 1 is 0.912 bits per heavy atom. The molecule has 0 spiro atoms. The molecule has 3 heterocycles. The van der Waals surface area contributed by atoms with Crippen LogP contribution in [0.2, 0.25) is 0 Å². The minimum atomic E-state index is -3.59. The molecule has 2 aromatic rings. The number of anilines is 1. The van der Waals surface area contributed by atoms with Gasteiger partial charge in [-0.15, -0.1) is 0 Å². The lowest BCUT2D eigenvalue weighted by molar-refractivity contribution is -0.133. The van der Waals surface area contributed by atoms with E-state index in [0.29, 0.717) is 51.9 Å². The Labute approximate surface area is 201 Å². The first-order valence-electron chi connectivity index (χ1n) is 12.1.